The summed E-state index contributed by atoms with van der Waals surface area (Å²) >= 11 is 0. The van der Waals surface area contributed by atoms with Gasteiger partial charge in [0.1, 0.15) is 24.8 Å². The fourth-order valence-electron chi connectivity index (χ4n) is 2.85. The number of aromatic nitrogens is 2. The Morgan fingerprint density at radius 3 is 2.52 bits per heavy atom. The van der Waals surface area contributed by atoms with Crippen LogP contribution >= 0.6 is 0 Å². The van der Waals surface area contributed by atoms with Crippen molar-refractivity contribution in [2.75, 3.05) is 30.4 Å². The molecule has 0 spiro atoms. The number of carbonyl (C=O) groups is 1. The quantitative estimate of drug-likeness (QED) is 0.667. The van der Waals surface area contributed by atoms with Crippen LogP contribution in [0, 0.1) is 5.82 Å². The van der Waals surface area contributed by atoms with Crippen LogP contribution in [-0.2, 0) is 6.42 Å². The van der Waals surface area contributed by atoms with Gasteiger partial charge in [-0.1, -0.05) is 12.1 Å². The van der Waals surface area contributed by atoms with Crippen molar-refractivity contribution in [3.63, 3.8) is 0 Å². The molecule has 1 aromatic heterocycles. The van der Waals surface area contributed by atoms with Crippen molar-refractivity contribution in [3.8, 4) is 11.5 Å². The summed E-state index contributed by atoms with van der Waals surface area (Å²) in [5.41, 5.74) is 1.80. The number of carbonyl (C=O) groups excluding carboxylic acids is 1. The Morgan fingerprint density at radius 2 is 1.76 bits per heavy atom. The number of benzene rings is 2. The number of amides is 1. The molecule has 0 saturated heterocycles. The Balaban J connectivity index is 1.31. The van der Waals surface area contributed by atoms with Gasteiger partial charge in [-0.25, -0.2) is 4.39 Å². The lowest BCUT2D eigenvalue weighted by Crippen LogP contribution is -2.17. The van der Waals surface area contributed by atoms with Crippen LogP contribution in [0.3, 0.4) is 0 Å². The number of ether oxygens (including phenoxy) is 2. The van der Waals surface area contributed by atoms with Crippen LogP contribution in [0.25, 0.3) is 0 Å². The first-order valence-electron chi connectivity index (χ1n) is 9.20. The van der Waals surface area contributed by atoms with E-state index in [0.29, 0.717) is 49.2 Å². The highest BCUT2D eigenvalue weighted by Crippen LogP contribution is 2.32. The number of rotatable bonds is 6. The molecule has 0 atom stereocenters. The van der Waals surface area contributed by atoms with E-state index in [1.165, 1.54) is 12.1 Å². The molecule has 1 aliphatic rings. The van der Waals surface area contributed by atoms with Gasteiger partial charge < -0.3 is 20.1 Å². The highest BCUT2D eigenvalue weighted by molar-refractivity contribution is 6.02. The van der Waals surface area contributed by atoms with E-state index in [2.05, 4.69) is 20.8 Å². The van der Waals surface area contributed by atoms with Crippen LogP contribution < -0.4 is 20.1 Å². The van der Waals surface area contributed by atoms with Crippen molar-refractivity contribution in [3.05, 3.63) is 71.7 Å². The van der Waals surface area contributed by atoms with Crippen LogP contribution in [0.2, 0.25) is 0 Å². The molecule has 3 aromatic rings. The number of nitrogens with one attached hydrogen (secondary N) is 2. The first-order chi connectivity index (χ1) is 14.2. The van der Waals surface area contributed by atoms with Gasteiger partial charge >= 0.3 is 0 Å². The van der Waals surface area contributed by atoms with Crippen molar-refractivity contribution in [2.24, 2.45) is 0 Å². The smallest absolute Gasteiger partial charge is 0.276 e. The monoisotopic (exact) mass is 394 g/mol. The molecule has 148 valence electrons. The molecule has 1 aliphatic heterocycles. The minimum atomic E-state index is -0.368. The van der Waals surface area contributed by atoms with Gasteiger partial charge in [0.05, 0.1) is 0 Å². The second kappa shape index (κ2) is 8.55. The summed E-state index contributed by atoms with van der Waals surface area (Å²) in [6.45, 7) is 1.60. The third-order valence-corrected chi connectivity index (χ3v) is 4.33. The topological polar surface area (TPSA) is 85.4 Å². The van der Waals surface area contributed by atoms with E-state index in [1.807, 2.05) is 0 Å². The summed E-state index contributed by atoms with van der Waals surface area (Å²) in [5.74, 6) is 1.19. The van der Waals surface area contributed by atoms with Crippen LogP contribution in [0.1, 0.15) is 16.1 Å². The standard InChI is InChI=1S/C21H19FN4O3/c22-15-3-1-14(2-4-15)9-10-23-20-8-6-17(25-26-20)21(27)24-16-5-7-18-19(13-16)29-12-11-28-18/h1-8,13H,9-12H2,(H,23,26)(H,24,27). The molecule has 7 nitrogen and oxygen atoms in total. The zero-order valence-corrected chi connectivity index (χ0v) is 15.5. The van der Waals surface area contributed by atoms with Gasteiger partial charge in [0.15, 0.2) is 17.2 Å². The molecule has 2 heterocycles. The van der Waals surface area contributed by atoms with Crippen LogP contribution in [0.15, 0.2) is 54.6 Å². The Kier molecular flexibility index (Phi) is 5.51. The van der Waals surface area contributed by atoms with Gasteiger partial charge in [-0.15, -0.1) is 10.2 Å². The van der Waals surface area contributed by atoms with E-state index in [-0.39, 0.29) is 17.4 Å². The molecule has 0 aliphatic carbocycles. The third-order valence-electron chi connectivity index (χ3n) is 4.33. The molecule has 4 rings (SSSR count). The lowest BCUT2D eigenvalue weighted by Gasteiger charge is -2.18. The lowest BCUT2D eigenvalue weighted by atomic mass is 10.1. The number of nitrogens with zero attached hydrogens (tertiary/aromatic N) is 2. The third kappa shape index (κ3) is 4.78. The van der Waals surface area contributed by atoms with Crippen molar-refractivity contribution >= 4 is 17.4 Å². The van der Waals surface area contributed by atoms with E-state index < -0.39 is 0 Å². The molecule has 8 heteroatoms. The van der Waals surface area contributed by atoms with Gasteiger partial charge in [0.25, 0.3) is 5.91 Å². The largest absolute Gasteiger partial charge is 0.486 e. The summed E-state index contributed by atoms with van der Waals surface area (Å²) in [6, 6.07) is 14.9. The Morgan fingerprint density at radius 1 is 0.966 bits per heavy atom. The summed E-state index contributed by atoms with van der Waals surface area (Å²) in [7, 11) is 0. The molecule has 0 unspecified atom stereocenters. The van der Waals surface area contributed by atoms with Crippen molar-refractivity contribution in [1.29, 1.82) is 0 Å². The maximum atomic E-state index is 12.9. The first kappa shape index (κ1) is 18.7. The zero-order valence-electron chi connectivity index (χ0n) is 15.5. The molecule has 0 radical (unpaired) electrons. The Hall–Kier alpha value is -3.68. The molecular weight excluding hydrogens is 375 g/mol. The fourth-order valence-corrected chi connectivity index (χ4v) is 2.85. The van der Waals surface area contributed by atoms with Gasteiger partial charge in [0, 0.05) is 18.3 Å². The molecule has 0 saturated carbocycles. The van der Waals surface area contributed by atoms with E-state index >= 15 is 0 Å². The summed E-state index contributed by atoms with van der Waals surface area (Å²) in [6.07, 6.45) is 0.717. The number of hydrogen-bond acceptors (Lipinski definition) is 6. The van der Waals surface area contributed by atoms with Crippen molar-refractivity contribution < 1.29 is 18.7 Å². The van der Waals surface area contributed by atoms with Crippen LogP contribution in [-0.4, -0.2) is 35.9 Å². The Bertz CT molecular complexity index is 994. The average Bonchev–Trinajstić information content (AvgIpc) is 2.75. The maximum absolute atomic E-state index is 12.9. The normalized spacial score (nSPS) is 12.3. The minimum Gasteiger partial charge on any atom is -0.486 e. The lowest BCUT2D eigenvalue weighted by molar-refractivity contribution is 0.102. The van der Waals surface area contributed by atoms with Gasteiger partial charge in [-0.3, -0.25) is 4.79 Å². The maximum Gasteiger partial charge on any atom is 0.276 e. The predicted molar refractivity (Wildman–Crippen MR) is 106 cm³/mol. The molecule has 2 aromatic carbocycles. The second-order valence-electron chi connectivity index (χ2n) is 6.42. The first-order valence-corrected chi connectivity index (χ1v) is 9.20. The number of hydrogen-bond donors (Lipinski definition) is 2. The van der Waals surface area contributed by atoms with Gasteiger partial charge in [-0.2, -0.15) is 0 Å². The van der Waals surface area contributed by atoms with Crippen LogP contribution in [0.4, 0.5) is 15.9 Å². The van der Waals surface area contributed by atoms with Crippen molar-refractivity contribution in [1.82, 2.24) is 10.2 Å². The van der Waals surface area contributed by atoms with Crippen molar-refractivity contribution in [2.45, 2.75) is 6.42 Å². The fraction of sp³-hybridized carbons (Fsp3) is 0.190. The molecule has 1 amide bonds. The molecule has 29 heavy (non-hydrogen) atoms. The van der Waals surface area contributed by atoms with Crippen LogP contribution in [0.5, 0.6) is 11.5 Å². The molecule has 0 bridgehead atoms. The predicted octanol–water partition coefficient (Wildman–Crippen LogP) is 3.29. The van der Waals surface area contributed by atoms with E-state index in [0.717, 1.165) is 5.56 Å². The molecular formula is C21H19FN4O3. The molecule has 0 fully saturated rings. The highest BCUT2D eigenvalue weighted by atomic mass is 19.1. The number of anilines is 2. The second-order valence-corrected chi connectivity index (χ2v) is 6.42. The van der Waals surface area contributed by atoms with E-state index in [1.54, 1.807) is 42.5 Å². The average molecular weight is 394 g/mol. The highest BCUT2D eigenvalue weighted by Gasteiger charge is 2.14. The van der Waals surface area contributed by atoms with E-state index in [4.69, 9.17) is 9.47 Å². The summed E-state index contributed by atoms with van der Waals surface area (Å²) in [5, 5.41) is 13.9. The number of fused-ring (bicyclic) bond motifs is 1. The minimum absolute atomic E-state index is 0.198. The number of halogens is 1. The van der Waals surface area contributed by atoms with Gasteiger partial charge in [0.2, 0.25) is 0 Å². The summed E-state index contributed by atoms with van der Waals surface area (Å²) in [4.78, 5) is 12.4. The molecule has 2 N–H and O–H groups in total. The Labute approximate surface area is 166 Å². The SMILES string of the molecule is O=C(Nc1ccc2c(c1)OCCO2)c1ccc(NCCc2ccc(F)cc2)nn1. The van der Waals surface area contributed by atoms with E-state index in [9.17, 15) is 9.18 Å². The van der Waals surface area contributed by atoms with Gasteiger partial charge in [-0.05, 0) is 48.4 Å². The summed E-state index contributed by atoms with van der Waals surface area (Å²) < 4.78 is 23.9. The zero-order chi connectivity index (χ0) is 20.1.